The molecule has 0 aromatic heterocycles. The van der Waals surface area contributed by atoms with Gasteiger partial charge in [0.15, 0.2) is 0 Å². The zero-order valence-corrected chi connectivity index (χ0v) is 29.6. The van der Waals surface area contributed by atoms with Crippen molar-refractivity contribution in [3.05, 3.63) is 58.1 Å². The highest BCUT2D eigenvalue weighted by Gasteiger charge is 2.44. The third kappa shape index (κ3) is 7.38. The zero-order valence-electron chi connectivity index (χ0n) is 28.0. The third-order valence-corrected chi connectivity index (χ3v) is 13.1. The maximum absolute atomic E-state index is 13.5. The molecule has 2 aromatic rings. The van der Waals surface area contributed by atoms with E-state index < -0.39 is 21.2 Å². The Kier molecular flexibility index (Phi) is 11.3. The number of halogens is 1. The van der Waals surface area contributed by atoms with Gasteiger partial charge in [0.05, 0.1) is 36.9 Å². The Labute approximate surface area is 280 Å². The molecule has 1 saturated carbocycles. The Hall–Kier alpha value is -2.33. The molecule has 254 valence electrons. The summed E-state index contributed by atoms with van der Waals surface area (Å²) >= 11 is 6.43. The molecule has 1 fully saturated rings. The Bertz CT molecular complexity index is 1480. The Morgan fingerprint density at radius 2 is 1.93 bits per heavy atom. The number of hydrogen-bond donors (Lipinski definition) is 1. The molecule has 3 aliphatic rings. The number of nitrogens with one attached hydrogen (secondary N) is 1. The summed E-state index contributed by atoms with van der Waals surface area (Å²) in [6.45, 7) is 11.1. The van der Waals surface area contributed by atoms with E-state index in [1.165, 1.54) is 11.1 Å². The minimum Gasteiger partial charge on any atom is -0.490 e. The molecule has 46 heavy (non-hydrogen) atoms. The van der Waals surface area contributed by atoms with Crippen LogP contribution in [0.15, 0.2) is 36.4 Å². The lowest BCUT2D eigenvalue weighted by Gasteiger charge is -2.46. The molecule has 1 aliphatic heterocycles. The topological polar surface area (TPSA) is 94.2 Å². The van der Waals surface area contributed by atoms with Gasteiger partial charge in [-0.05, 0) is 105 Å². The first-order chi connectivity index (χ1) is 22.0. The van der Waals surface area contributed by atoms with Crippen LogP contribution in [0.2, 0.25) is 5.02 Å². The van der Waals surface area contributed by atoms with Crippen LogP contribution < -0.4 is 14.4 Å². The molecule has 1 spiro atoms. The number of rotatable bonds is 13. The minimum atomic E-state index is -3.85. The summed E-state index contributed by atoms with van der Waals surface area (Å²) in [6, 6.07) is 11.6. The summed E-state index contributed by atoms with van der Waals surface area (Å²) < 4.78 is 46.9. The Balaban J connectivity index is 1.47. The van der Waals surface area contributed by atoms with Crippen LogP contribution in [0.25, 0.3) is 0 Å². The number of ether oxygens (including phenoxy) is 3. The molecule has 0 radical (unpaired) electrons. The van der Waals surface area contributed by atoms with Crippen LogP contribution in [0.1, 0.15) is 87.7 Å². The number of anilines is 1. The fourth-order valence-electron chi connectivity index (χ4n) is 7.87. The van der Waals surface area contributed by atoms with Crippen LogP contribution in [-0.4, -0.2) is 65.7 Å². The Morgan fingerprint density at radius 3 is 2.63 bits per heavy atom. The molecule has 6 atom stereocenters. The number of hydrogen-bond acceptors (Lipinski definition) is 7. The van der Waals surface area contributed by atoms with E-state index in [4.69, 9.17) is 25.8 Å². The normalized spacial score (nSPS) is 24.5. The molecule has 2 aromatic carbocycles. The first-order valence-electron chi connectivity index (χ1n) is 17.0. The van der Waals surface area contributed by atoms with Crippen LogP contribution >= 0.6 is 11.6 Å². The standard InChI is InChI=1S/C36H51ClN2O6S/c1-6-24(3)34(7-2)46(41,42)38-35(40)27-11-15-33-32(20-27)39(21-28-10-13-30(28)25(4)44-18-17-43-5)22-36(23-45-33)16-8-9-26-19-29(37)12-14-31(26)36/h11-12,14-15,19-20,24-25,28,30,34H,6-10,13,16-18,21-23H2,1-5H3,(H,38,40)/t24-,25-,28-,30-,34+,36-/m0/s1. The highest BCUT2D eigenvalue weighted by molar-refractivity contribution is 7.90. The van der Waals surface area contributed by atoms with Crippen LogP contribution in [0.4, 0.5) is 5.69 Å². The average molecular weight is 675 g/mol. The zero-order chi connectivity index (χ0) is 33.1. The van der Waals surface area contributed by atoms with Gasteiger partial charge < -0.3 is 19.1 Å². The van der Waals surface area contributed by atoms with Crippen molar-refractivity contribution in [3.63, 3.8) is 0 Å². The summed E-state index contributed by atoms with van der Waals surface area (Å²) in [5, 5.41) is 0.111. The van der Waals surface area contributed by atoms with Gasteiger partial charge in [0, 0.05) is 36.2 Å². The second-order valence-electron chi connectivity index (χ2n) is 13.7. The minimum absolute atomic E-state index is 0.0630. The van der Waals surface area contributed by atoms with Crippen molar-refractivity contribution < 1.29 is 27.4 Å². The van der Waals surface area contributed by atoms with E-state index in [9.17, 15) is 13.2 Å². The van der Waals surface area contributed by atoms with Gasteiger partial charge in [0.25, 0.3) is 5.91 Å². The highest BCUT2D eigenvalue weighted by Crippen LogP contribution is 2.46. The second kappa shape index (κ2) is 14.8. The van der Waals surface area contributed by atoms with Gasteiger partial charge in [-0.2, -0.15) is 0 Å². The molecule has 0 bridgehead atoms. The molecular weight excluding hydrogens is 624 g/mol. The first kappa shape index (κ1) is 35.0. The van der Waals surface area contributed by atoms with Crippen molar-refractivity contribution in [1.82, 2.24) is 4.72 Å². The number of amides is 1. The maximum Gasteiger partial charge on any atom is 0.264 e. The van der Waals surface area contributed by atoms with Crippen LogP contribution in [0.3, 0.4) is 0 Å². The second-order valence-corrected chi connectivity index (χ2v) is 16.0. The molecule has 5 rings (SSSR count). The monoisotopic (exact) mass is 674 g/mol. The SMILES string of the molecule is CC[C@H]([C@@H](C)CC)S(=O)(=O)NC(=O)c1ccc2c(c1)N(C[C@@H]1CC[C@H]1[C@H](C)OCCOC)C[C@@]1(CCCc3cc(Cl)ccc31)CO2. The number of aryl methyl sites for hydroxylation is 1. The van der Waals surface area contributed by atoms with Crippen LogP contribution in [0.5, 0.6) is 5.75 Å². The molecule has 8 nitrogen and oxygen atoms in total. The molecule has 1 amide bonds. The molecule has 0 unspecified atom stereocenters. The van der Waals surface area contributed by atoms with Crippen molar-refractivity contribution >= 4 is 33.2 Å². The van der Waals surface area contributed by atoms with Crippen molar-refractivity contribution in [2.75, 3.05) is 44.9 Å². The molecule has 2 aliphatic carbocycles. The third-order valence-electron chi connectivity index (χ3n) is 10.8. The number of benzene rings is 2. The van der Waals surface area contributed by atoms with Gasteiger partial charge >= 0.3 is 0 Å². The van der Waals surface area contributed by atoms with E-state index in [2.05, 4.69) is 28.7 Å². The van der Waals surface area contributed by atoms with Crippen molar-refractivity contribution in [3.8, 4) is 5.75 Å². The van der Waals surface area contributed by atoms with Gasteiger partial charge in [0.1, 0.15) is 5.75 Å². The van der Waals surface area contributed by atoms with Crippen LogP contribution in [-0.2, 0) is 31.3 Å². The molecule has 0 saturated heterocycles. The summed E-state index contributed by atoms with van der Waals surface area (Å²) in [5.74, 6) is 0.868. The largest absolute Gasteiger partial charge is 0.490 e. The fraction of sp³-hybridized carbons (Fsp3) is 0.639. The van der Waals surface area contributed by atoms with Gasteiger partial charge in [-0.1, -0.05) is 44.9 Å². The summed E-state index contributed by atoms with van der Waals surface area (Å²) in [4.78, 5) is 15.9. The first-order valence-corrected chi connectivity index (χ1v) is 18.9. The number of fused-ring (bicyclic) bond motifs is 3. The van der Waals surface area contributed by atoms with E-state index in [1.807, 2.05) is 39.0 Å². The van der Waals surface area contributed by atoms with Crippen molar-refractivity contribution in [2.24, 2.45) is 17.8 Å². The number of carbonyl (C=O) groups excluding carboxylic acids is 1. The molecule has 10 heteroatoms. The van der Waals surface area contributed by atoms with Crippen LogP contribution in [0, 0.1) is 17.8 Å². The van der Waals surface area contributed by atoms with E-state index in [0.29, 0.717) is 55.8 Å². The molecule has 1 heterocycles. The average Bonchev–Trinajstić information content (AvgIpc) is 3.16. The van der Waals surface area contributed by atoms with Gasteiger partial charge in [0.2, 0.25) is 10.0 Å². The number of carbonyl (C=O) groups is 1. The van der Waals surface area contributed by atoms with E-state index in [1.54, 1.807) is 13.2 Å². The predicted molar refractivity (Wildman–Crippen MR) is 184 cm³/mol. The summed E-state index contributed by atoms with van der Waals surface area (Å²) in [5.41, 5.74) is 3.45. The van der Waals surface area contributed by atoms with E-state index in [-0.39, 0.29) is 17.4 Å². The lowest BCUT2D eigenvalue weighted by molar-refractivity contribution is -0.0459. The number of nitrogens with zero attached hydrogens (tertiary/aromatic N) is 1. The number of methoxy groups -OCH3 is 1. The van der Waals surface area contributed by atoms with Gasteiger partial charge in [-0.15, -0.1) is 0 Å². The fourth-order valence-corrected chi connectivity index (χ4v) is 9.84. The summed E-state index contributed by atoms with van der Waals surface area (Å²) in [7, 11) is -2.17. The smallest absolute Gasteiger partial charge is 0.264 e. The predicted octanol–water partition coefficient (Wildman–Crippen LogP) is 6.78. The highest BCUT2D eigenvalue weighted by atomic mass is 35.5. The van der Waals surface area contributed by atoms with Crippen molar-refractivity contribution in [1.29, 1.82) is 0 Å². The molecular formula is C36H51ClN2O6S. The van der Waals surface area contributed by atoms with Gasteiger partial charge in [-0.3, -0.25) is 4.79 Å². The number of sulfonamides is 1. The lowest BCUT2D eigenvalue weighted by atomic mass is 9.68. The lowest BCUT2D eigenvalue weighted by Crippen LogP contribution is -2.49. The van der Waals surface area contributed by atoms with E-state index in [0.717, 1.165) is 55.9 Å². The van der Waals surface area contributed by atoms with Crippen molar-refractivity contribution in [2.45, 2.75) is 89.4 Å². The van der Waals surface area contributed by atoms with Gasteiger partial charge in [-0.25, -0.2) is 13.1 Å². The Morgan fingerprint density at radius 1 is 1.13 bits per heavy atom. The van der Waals surface area contributed by atoms with E-state index >= 15 is 0 Å². The maximum atomic E-state index is 13.5. The summed E-state index contributed by atoms with van der Waals surface area (Å²) in [6.07, 6.45) is 6.48. The molecule has 1 N–H and O–H groups in total. The quantitative estimate of drug-likeness (QED) is 0.234.